The fourth-order valence-corrected chi connectivity index (χ4v) is 6.33. The van der Waals surface area contributed by atoms with Gasteiger partial charge in [0.25, 0.3) is 0 Å². The van der Waals surface area contributed by atoms with Crippen molar-refractivity contribution in [1.29, 1.82) is 0 Å². The maximum atomic E-state index is 13.1. The molecule has 0 bridgehead atoms. The number of hydrogen-bond donors (Lipinski definition) is 2. The predicted octanol–water partition coefficient (Wildman–Crippen LogP) is 4.44. The van der Waals surface area contributed by atoms with Crippen LogP contribution in [0.3, 0.4) is 0 Å². The third-order valence-corrected chi connectivity index (χ3v) is 8.71. The SMILES string of the molecule is COC(=O)c1ccc2c(c1)NC(=O)N(C1CCN(C(=O)C3CC3C(=O)c3cc(Br)c(N)c(Br)c3)CC1)C2. The number of anilines is 2. The van der Waals surface area contributed by atoms with Crippen molar-refractivity contribution in [2.45, 2.75) is 31.8 Å². The number of urea groups is 1. The van der Waals surface area contributed by atoms with Crippen molar-refractivity contribution in [3.63, 3.8) is 0 Å². The Morgan fingerprint density at radius 3 is 2.35 bits per heavy atom. The van der Waals surface area contributed by atoms with Gasteiger partial charge in [-0.15, -0.1) is 0 Å². The van der Waals surface area contributed by atoms with E-state index in [0.29, 0.717) is 70.3 Å². The largest absolute Gasteiger partial charge is 0.465 e. The zero-order valence-corrected chi connectivity index (χ0v) is 23.3. The summed E-state index contributed by atoms with van der Waals surface area (Å²) in [6, 6.07) is 8.34. The number of hydrogen-bond acceptors (Lipinski definition) is 6. The second-order valence-corrected chi connectivity index (χ2v) is 11.4. The molecule has 2 fully saturated rings. The van der Waals surface area contributed by atoms with E-state index in [4.69, 9.17) is 10.5 Å². The van der Waals surface area contributed by atoms with Gasteiger partial charge in [-0.1, -0.05) is 6.07 Å². The first-order valence-corrected chi connectivity index (χ1v) is 13.6. The second-order valence-electron chi connectivity index (χ2n) is 9.64. The molecule has 0 radical (unpaired) electrons. The van der Waals surface area contributed by atoms with Gasteiger partial charge in [0, 0.05) is 57.7 Å². The Morgan fingerprint density at radius 1 is 1.03 bits per heavy atom. The van der Waals surface area contributed by atoms with Gasteiger partial charge in [0.05, 0.1) is 18.4 Å². The molecule has 9 nitrogen and oxygen atoms in total. The Hall–Kier alpha value is -2.92. The van der Waals surface area contributed by atoms with Crippen LogP contribution in [-0.4, -0.2) is 59.7 Å². The van der Waals surface area contributed by atoms with E-state index in [1.54, 1.807) is 29.2 Å². The number of nitrogens with two attached hydrogens (primary N) is 1. The highest BCUT2D eigenvalue weighted by Gasteiger charge is 2.50. The number of rotatable bonds is 5. The van der Waals surface area contributed by atoms with E-state index in [1.807, 2.05) is 11.0 Å². The molecular formula is C26H26Br2N4O5. The van der Waals surface area contributed by atoms with Crippen molar-refractivity contribution in [3.8, 4) is 0 Å². The number of nitrogens with one attached hydrogen (secondary N) is 1. The lowest BCUT2D eigenvalue weighted by Crippen LogP contribution is -2.51. The molecule has 0 spiro atoms. The minimum atomic E-state index is -0.453. The van der Waals surface area contributed by atoms with Gasteiger partial charge in [0.2, 0.25) is 5.91 Å². The summed E-state index contributed by atoms with van der Waals surface area (Å²) in [5.41, 5.74) is 8.90. The van der Waals surface area contributed by atoms with Gasteiger partial charge in [-0.3, -0.25) is 9.59 Å². The van der Waals surface area contributed by atoms with Crippen molar-refractivity contribution in [2.75, 3.05) is 31.2 Å². The van der Waals surface area contributed by atoms with E-state index >= 15 is 0 Å². The lowest BCUT2D eigenvalue weighted by molar-refractivity contribution is -0.134. The molecule has 1 saturated carbocycles. The maximum absolute atomic E-state index is 13.1. The Kier molecular flexibility index (Phi) is 7.01. The van der Waals surface area contributed by atoms with Crippen LogP contribution >= 0.6 is 31.9 Å². The molecule has 37 heavy (non-hydrogen) atoms. The van der Waals surface area contributed by atoms with Crippen molar-refractivity contribution >= 4 is 66.9 Å². The van der Waals surface area contributed by atoms with Crippen molar-refractivity contribution in [3.05, 3.63) is 56.0 Å². The van der Waals surface area contributed by atoms with Crippen LogP contribution in [0.15, 0.2) is 39.3 Å². The molecular weight excluding hydrogens is 608 g/mol. The number of nitrogen functional groups attached to an aromatic ring is 1. The van der Waals surface area contributed by atoms with Crippen LogP contribution in [0.5, 0.6) is 0 Å². The standard InChI is InChI=1S/C26H26Br2N4O5/c1-37-25(35)13-2-3-14-12-32(26(36)30-21(14)10-13)16-4-6-31(7-5-16)24(34)18-11-17(18)23(33)15-8-19(27)22(29)20(28)9-15/h2-3,8-10,16-18H,4-7,11-12,29H2,1H3,(H,30,36). The van der Waals surface area contributed by atoms with Crippen LogP contribution in [0.25, 0.3) is 0 Å². The van der Waals surface area contributed by atoms with Crippen molar-refractivity contribution < 1.29 is 23.9 Å². The lowest BCUT2D eigenvalue weighted by atomic mass is 9.99. The summed E-state index contributed by atoms with van der Waals surface area (Å²) in [7, 11) is 1.32. The summed E-state index contributed by atoms with van der Waals surface area (Å²) in [5.74, 6) is -1.10. The average Bonchev–Trinajstić information content (AvgIpc) is 3.70. The fraction of sp³-hybridized carbons (Fsp3) is 0.385. The maximum Gasteiger partial charge on any atom is 0.337 e. The molecule has 2 aromatic carbocycles. The first-order valence-electron chi connectivity index (χ1n) is 12.0. The molecule has 2 heterocycles. The number of Topliss-reactive ketones (excluding diaryl/α,β-unsaturated/α-hetero) is 1. The summed E-state index contributed by atoms with van der Waals surface area (Å²) < 4.78 is 6.04. The number of ether oxygens (including phenoxy) is 1. The molecule has 3 N–H and O–H groups in total. The van der Waals surface area contributed by atoms with E-state index in [9.17, 15) is 19.2 Å². The topological polar surface area (TPSA) is 122 Å². The van der Waals surface area contributed by atoms with Gasteiger partial charge in [0.15, 0.2) is 5.78 Å². The highest BCUT2D eigenvalue weighted by atomic mass is 79.9. The predicted molar refractivity (Wildman–Crippen MR) is 144 cm³/mol. The van der Waals surface area contributed by atoms with Gasteiger partial charge in [-0.2, -0.15) is 0 Å². The van der Waals surface area contributed by atoms with Crippen LogP contribution < -0.4 is 11.1 Å². The van der Waals surface area contributed by atoms with Gasteiger partial charge in [0.1, 0.15) is 0 Å². The van der Waals surface area contributed by atoms with Gasteiger partial charge < -0.3 is 25.6 Å². The van der Waals surface area contributed by atoms with E-state index < -0.39 is 5.97 Å². The highest BCUT2D eigenvalue weighted by Crippen LogP contribution is 2.44. The number of methoxy groups -OCH3 is 1. The third-order valence-electron chi connectivity index (χ3n) is 7.40. The molecule has 2 unspecified atom stereocenters. The molecule has 2 aliphatic heterocycles. The minimum absolute atomic E-state index is 0.00130. The zero-order chi connectivity index (χ0) is 26.4. The first kappa shape index (κ1) is 25.7. The van der Waals surface area contributed by atoms with Crippen molar-refractivity contribution in [2.24, 2.45) is 11.8 Å². The summed E-state index contributed by atoms with van der Waals surface area (Å²) in [5, 5.41) is 2.88. The molecule has 1 aliphatic carbocycles. The molecule has 11 heteroatoms. The number of carbonyl (C=O) groups excluding carboxylic acids is 4. The first-order chi connectivity index (χ1) is 17.7. The third kappa shape index (κ3) is 4.98. The van der Waals surface area contributed by atoms with Crippen LogP contribution in [0.4, 0.5) is 16.2 Å². The number of carbonyl (C=O) groups is 4. The monoisotopic (exact) mass is 632 g/mol. The molecule has 2 atom stereocenters. The summed E-state index contributed by atoms with van der Waals surface area (Å²) >= 11 is 6.74. The molecule has 0 aromatic heterocycles. The number of nitrogens with zero attached hydrogens (tertiary/aromatic N) is 2. The average molecular weight is 634 g/mol. The summed E-state index contributed by atoms with van der Waals surface area (Å²) in [4.78, 5) is 54.3. The number of likely N-dealkylation sites (tertiary alicyclic amines) is 1. The summed E-state index contributed by atoms with van der Waals surface area (Å²) in [6.07, 6.45) is 1.88. The quantitative estimate of drug-likeness (QED) is 0.285. The van der Waals surface area contributed by atoms with Gasteiger partial charge >= 0.3 is 12.0 Å². The van der Waals surface area contributed by atoms with Crippen LogP contribution in [-0.2, 0) is 16.1 Å². The molecule has 3 amide bonds. The van der Waals surface area contributed by atoms with Crippen LogP contribution in [0.1, 0.15) is 45.5 Å². The summed E-state index contributed by atoms with van der Waals surface area (Å²) in [6.45, 7) is 1.52. The highest BCUT2D eigenvalue weighted by molar-refractivity contribution is 9.11. The van der Waals surface area contributed by atoms with Crippen LogP contribution in [0.2, 0.25) is 0 Å². The van der Waals surface area contributed by atoms with Gasteiger partial charge in [-0.05, 0) is 81.0 Å². The molecule has 2 aromatic rings. The van der Waals surface area contributed by atoms with Crippen LogP contribution in [0, 0.1) is 11.8 Å². The number of halogens is 2. The van der Waals surface area contributed by atoms with Crippen molar-refractivity contribution in [1.82, 2.24) is 9.80 Å². The molecule has 3 aliphatic rings. The number of esters is 1. The van der Waals surface area contributed by atoms with E-state index in [-0.39, 0.29) is 35.6 Å². The molecule has 5 rings (SSSR count). The van der Waals surface area contributed by atoms with E-state index in [0.717, 1.165) is 5.56 Å². The zero-order valence-electron chi connectivity index (χ0n) is 20.1. The normalized spacial score (nSPS) is 21.2. The van der Waals surface area contributed by atoms with E-state index in [1.165, 1.54) is 7.11 Å². The number of amides is 3. The lowest BCUT2D eigenvalue weighted by Gasteiger charge is -2.40. The Bertz CT molecular complexity index is 1280. The minimum Gasteiger partial charge on any atom is -0.465 e. The van der Waals surface area contributed by atoms with E-state index in [2.05, 4.69) is 37.2 Å². The second kappa shape index (κ2) is 10.1. The molecule has 1 saturated heterocycles. The number of benzene rings is 2. The number of piperidine rings is 1. The van der Waals surface area contributed by atoms with Gasteiger partial charge in [-0.25, -0.2) is 9.59 Å². The smallest absolute Gasteiger partial charge is 0.337 e. The fourth-order valence-electron chi connectivity index (χ4n) is 5.14. The Morgan fingerprint density at radius 2 is 1.70 bits per heavy atom. The Labute approximate surface area is 230 Å². The number of ketones is 1. The molecule has 194 valence electrons. The Balaban J connectivity index is 1.17. The number of fused-ring (bicyclic) bond motifs is 1.